The lowest BCUT2D eigenvalue weighted by molar-refractivity contribution is -0.139. The van der Waals surface area contributed by atoms with Gasteiger partial charge in [0.1, 0.15) is 12.6 Å². The number of carbonyl (C=O) groups is 3. The molecule has 128 valence electrons. The first-order valence-electron chi connectivity index (χ1n) is 8.00. The maximum absolute atomic E-state index is 12.8. The highest BCUT2D eigenvalue weighted by Crippen LogP contribution is 2.30. The quantitative estimate of drug-likeness (QED) is 0.768. The smallest absolute Gasteiger partial charge is 0.328 e. The molecule has 0 radical (unpaired) electrons. The summed E-state index contributed by atoms with van der Waals surface area (Å²) in [4.78, 5) is 41.9. The number of ether oxygens (including phenoxy) is 1. The molecule has 2 fully saturated rings. The highest BCUT2D eigenvalue weighted by Gasteiger charge is 2.49. The summed E-state index contributed by atoms with van der Waals surface area (Å²) in [6.07, 6.45) is 0. The van der Waals surface area contributed by atoms with E-state index in [-0.39, 0.29) is 37.0 Å². The van der Waals surface area contributed by atoms with Crippen LogP contribution in [0.15, 0.2) is 30.3 Å². The van der Waals surface area contributed by atoms with Crippen molar-refractivity contribution in [3.8, 4) is 0 Å². The predicted molar refractivity (Wildman–Crippen MR) is 86.0 cm³/mol. The van der Waals surface area contributed by atoms with E-state index in [1.807, 2.05) is 37.3 Å². The number of benzene rings is 1. The van der Waals surface area contributed by atoms with Crippen LogP contribution in [0.1, 0.15) is 18.5 Å². The van der Waals surface area contributed by atoms with E-state index in [1.54, 1.807) is 9.80 Å². The minimum atomic E-state index is -0.599. The Morgan fingerprint density at radius 3 is 2.62 bits per heavy atom. The Morgan fingerprint density at radius 1 is 1.25 bits per heavy atom. The van der Waals surface area contributed by atoms with E-state index in [0.717, 1.165) is 5.56 Å². The normalized spacial score (nSPS) is 21.9. The molecular formula is C17H21N3O4. The Kier molecular flexibility index (Phi) is 4.53. The molecule has 2 heterocycles. The van der Waals surface area contributed by atoms with Gasteiger partial charge in [0.25, 0.3) is 5.91 Å². The molecule has 0 bridgehead atoms. The van der Waals surface area contributed by atoms with Crippen LogP contribution in [0.25, 0.3) is 0 Å². The number of urea groups is 1. The van der Waals surface area contributed by atoms with Crippen LogP contribution in [0.5, 0.6) is 0 Å². The summed E-state index contributed by atoms with van der Waals surface area (Å²) in [6.45, 7) is 2.84. The maximum Gasteiger partial charge on any atom is 0.328 e. The molecular weight excluding hydrogens is 310 g/mol. The molecule has 1 aromatic carbocycles. The molecule has 2 aliphatic heterocycles. The van der Waals surface area contributed by atoms with E-state index in [2.05, 4.69) is 0 Å². The van der Waals surface area contributed by atoms with Gasteiger partial charge in [0.2, 0.25) is 5.91 Å². The molecule has 0 saturated carbocycles. The highest BCUT2D eigenvalue weighted by molar-refractivity contribution is 6.05. The molecule has 0 aliphatic carbocycles. The lowest BCUT2D eigenvalue weighted by Gasteiger charge is -2.35. The van der Waals surface area contributed by atoms with Crippen molar-refractivity contribution in [3.63, 3.8) is 0 Å². The van der Waals surface area contributed by atoms with Crippen molar-refractivity contribution in [1.82, 2.24) is 14.7 Å². The number of hydrogen-bond donors (Lipinski definition) is 0. The fourth-order valence-corrected chi connectivity index (χ4v) is 3.29. The van der Waals surface area contributed by atoms with Crippen molar-refractivity contribution >= 4 is 17.8 Å². The summed E-state index contributed by atoms with van der Waals surface area (Å²) >= 11 is 0. The minimum Gasteiger partial charge on any atom is -0.375 e. The fourth-order valence-electron chi connectivity index (χ4n) is 3.29. The summed E-state index contributed by atoms with van der Waals surface area (Å²) in [5.74, 6) is -0.404. The molecule has 0 aromatic heterocycles. The SMILES string of the molecule is COCC(=O)N1CCN2C(=O)N([C@H](C)c3ccccc3)C(=O)[C@@H]2C1. The van der Waals surface area contributed by atoms with Gasteiger partial charge in [0.15, 0.2) is 0 Å². The lowest BCUT2D eigenvalue weighted by atomic mass is 10.1. The minimum absolute atomic E-state index is 0.0149. The molecule has 1 aromatic rings. The number of rotatable bonds is 4. The number of piperazine rings is 1. The first-order valence-corrected chi connectivity index (χ1v) is 8.00. The fraction of sp³-hybridized carbons (Fsp3) is 0.471. The van der Waals surface area contributed by atoms with Crippen molar-refractivity contribution in [3.05, 3.63) is 35.9 Å². The van der Waals surface area contributed by atoms with Crippen molar-refractivity contribution in [2.24, 2.45) is 0 Å². The van der Waals surface area contributed by atoms with Crippen LogP contribution in [0.3, 0.4) is 0 Å². The number of amides is 4. The molecule has 0 spiro atoms. The van der Waals surface area contributed by atoms with Gasteiger partial charge in [-0.25, -0.2) is 4.79 Å². The third kappa shape index (κ3) is 2.75. The molecule has 2 saturated heterocycles. The van der Waals surface area contributed by atoms with Gasteiger partial charge in [0.05, 0.1) is 12.6 Å². The Balaban J connectivity index is 1.78. The Morgan fingerprint density at radius 2 is 1.96 bits per heavy atom. The number of hydrogen-bond acceptors (Lipinski definition) is 4. The number of imide groups is 1. The number of fused-ring (bicyclic) bond motifs is 1. The zero-order valence-corrected chi connectivity index (χ0v) is 13.8. The zero-order chi connectivity index (χ0) is 17.3. The van der Waals surface area contributed by atoms with E-state index >= 15 is 0 Å². The van der Waals surface area contributed by atoms with Crippen LogP contribution < -0.4 is 0 Å². The number of nitrogens with zero attached hydrogens (tertiary/aromatic N) is 3. The van der Waals surface area contributed by atoms with E-state index in [0.29, 0.717) is 13.1 Å². The standard InChI is InChI=1S/C17H21N3O4/c1-12(13-6-4-3-5-7-13)20-16(22)14-10-18(15(21)11-24-2)8-9-19(14)17(20)23/h3-7,12,14H,8-11H2,1-2H3/t12-,14+/m1/s1. The average molecular weight is 331 g/mol. The summed E-state index contributed by atoms with van der Waals surface area (Å²) in [6, 6.07) is 8.25. The molecule has 24 heavy (non-hydrogen) atoms. The molecule has 2 aliphatic rings. The Hall–Kier alpha value is -2.41. The Labute approximate surface area is 140 Å². The second-order valence-corrected chi connectivity index (χ2v) is 6.06. The van der Waals surface area contributed by atoms with Crippen LogP contribution in [-0.4, -0.2) is 71.9 Å². The van der Waals surface area contributed by atoms with Crippen LogP contribution in [0.4, 0.5) is 4.79 Å². The summed E-state index contributed by atoms with van der Waals surface area (Å²) < 4.78 is 4.87. The van der Waals surface area contributed by atoms with Gasteiger partial charge < -0.3 is 14.5 Å². The first-order chi connectivity index (χ1) is 11.5. The lowest BCUT2D eigenvalue weighted by Crippen LogP contribution is -2.55. The molecule has 0 unspecified atom stereocenters. The van der Waals surface area contributed by atoms with E-state index < -0.39 is 6.04 Å². The van der Waals surface area contributed by atoms with Crippen LogP contribution in [-0.2, 0) is 14.3 Å². The largest absolute Gasteiger partial charge is 0.375 e. The van der Waals surface area contributed by atoms with Gasteiger partial charge in [-0.1, -0.05) is 30.3 Å². The van der Waals surface area contributed by atoms with Crippen LogP contribution in [0, 0.1) is 0 Å². The molecule has 2 atom stereocenters. The van der Waals surface area contributed by atoms with Crippen LogP contribution >= 0.6 is 0 Å². The van der Waals surface area contributed by atoms with Gasteiger partial charge in [0, 0.05) is 20.2 Å². The van der Waals surface area contributed by atoms with Crippen molar-refractivity contribution in [2.45, 2.75) is 19.0 Å². The van der Waals surface area contributed by atoms with Gasteiger partial charge in [-0.3, -0.25) is 14.5 Å². The highest BCUT2D eigenvalue weighted by atomic mass is 16.5. The molecule has 4 amide bonds. The Bertz CT molecular complexity index is 648. The molecule has 7 heteroatoms. The molecule has 7 nitrogen and oxygen atoms in total. The monoisotopic (exact) mass is 331 g/mol. The van der Waals surface area contributed by atoms with Crippen molar-refractivity contribution in [1.29, 1.82) is 0 Å². The third-order valence-corrected chi connectivity index (χ3v) is 4.64. The average Bonchev–Trinajstić information content (AvgIpc) is 2.86. The van der Waals surface area contributed by atoms with Gasteiger partial charge in [-0.2, -0.15) is 0 Å². The van der Waals surface area contributed by atoms with Gasteiger partial charge in [-0.05, 0) is 12.5 Å². The third-order valence-electron chi connectivity index (χ3n) is 4.64. The summed E-state index contributed by atoms with van der Waals surface area (Å²) in [7, 11) is 1.46. The molecule has 0 N–H and O–H groups in total. The number of methoxy groups -OCH3 is 1. The zero-order valence-electron chi connectivity index (χ0n) is 13.8. The summed E-state index contributed by atoms with van der Waals surface area (Å²) in [5.41, 5.74) is 0.909. The first kappa shape index (κ1) is 16.4. The predicted octanol–water partition coefficient (Wildman–Crippen LogP) is 0.869. The van der Waals surface area contributed by atoms with E-state index in [9.17, 15) is 14.4 Å². The topological polar surface area (TPSA) is 70.2 Å². The van der Waals surface area contributed by atoms with E-state index in [1.165, 1.54) is 12.0 Å². The molecule has 3 rings (SSSR count). The van der Waals surface area contributed by atoms with E-state index in [4.69, 9.17) is 4.74 Å². The second-order valence-electron chi connectivity index (χ2n) is 6.06. The summed E-state index contributed by atoms with van der Waals surface area (Å²) in [5, 5.41) is 0. The second kappa shape index (κ2) is 6.60. The number of carbonyl (C=O) groups excluding carboxylic acids is 3. The van der Waals surface area contributed by atoms with Gasteiger partial charge in [-0.15, -0.1) is 0 Å². The van der Waals surface area contributed by atoms with Crippen LogP contribution in [0.2, 0.25) is 0 Å². The maximum atomic E-state index is 12.8. The van der Waals surface area contributed by atoms with Crippen molar-refractivity contribution in [2.75, 3.05) is 33.4 Å². The van der Waals surface area contributed by atoms with Gasteiger partial charge >= 0.3 is 6.03 Å². The van der Waals surface area contributed by atoms with Crippen molar-refractivity contribution < 1.29 is 19.1 Å².